The van der Waals surface area contributed by atoms with Gasteiger partial charge in [0.1, 0.15) is 12.3 Å². The van der Waals surface area contributed by atoms with Gasteiger partial charge in [0.15, 0.2) is 0 Å². The van der Waals surface area contributed by atoms with Gasteiger partial charge in [-0.2, -0.15) is 0 Å². The number of anilines is 1. The summed E-state index contributed by atoms with van der Waals surface area (Å²) in [5.41, 5.74) is 2.99. The van der Waals surface area contributed by atoms with Crippen molar-refractivity contribution < 1.29 is 18.7 Å². The van der Waals surface area contributed by atoms with Crippen LogP contribution in [0.5, 0.6) is 0 Å². The van der Waals surface area contributed by atoms with E-state index in [-0.39, 0.29) is 30.6 Å². The van der Waals surface area contributed by atoms with Crippen molar-refractivity contribution in [3.05, 3.63) is 53.5 Å². The van der Waals surface area contributed by atoms with Gasteiger partial charge >= 0.3 is 6.03 Å². The Hall–Kier alpha value is -2.80. The van der Waals surface area contributed by atoms with Crippen LogP contribution in [0.1, 0.15) is 43.6 Å². The van der Waals surface area contributed by atoms with Crippen LogP contribution in [-0.2, 0) is 16.1 Å². The molecule has 7 nitrogen and oxygen atoms in total. The van der Waals surface area contributed by atoms with E-state index in [2.05, 4.69) is 5.32 Å². The number of ether oxygens (including phenoxy) is 1. The highest BCUT2D eigenvalue weighted by molar-refractivity contribution is 5.92. The summed E-state index contributed by atoms with van der Waals surface area (Å²) < 4.78 is 11.2. The van der Waals surface area contributed by atoms with E-state index in [1.807, 2.05) is 58.0 Å². The van der Waals surface area contributed by atoms with Crippen molar-refractivity contribution >= 4 is 17.6 Å². The molecule has 1 N–H and O–H groups in total. The molecule has 1 saturated heterocycles. The second kappa shape index (κ2) is 10.5. The van der Waals surface area contributed by atoms with E-state index in [9.17, 15) is 9.59 Å². The topological polar surface area (TPSA) is 75.0 Å². The molecule has 0 unspecified atom stereocenters. The molecule has 1 atom stereocenters. The number of hydrogen-bond donors (Lipinski definition) is 1. The Labute approximate surface area is 184 Å². The Morgan fingerprint density at radius 3 is 2.61 bits per heavy atom. The Morgan fingerprint density at radius 1 is 1.19 bits per heavy atom. The molecule has 0 saturated carbocycles. The Morgan fingerprint density at radius 2 is 2.00 bits per heavy atom. The minimum atomic E-state index is -0.290. The van der Waals surface area contributed by atoms with E-state index in [0.29, 0.717) is 18.8 Å². The summed E-state index contributed by atoms with van der Waals surface area (Å²) in [5.74, 6) is 0.581. The van der Waals surface area contributed by atoms with Crippen LogP contribution in [-0.4, -0.2) is 53.6 Å². The van der Waals surface area contributed by atoms with Crippen molar-refractivity contribution in [2.45, 2.75) is 59.2 Å². The second-order valence-corrected chi connectivity index (χ2v) is 8.44. The molecular weight excluding hydrogens is 394 g/mol. The van der Waals surface area contributed by atoms with Gasteiger partial charge in [0, 0.05) is 24.9 Å². The maximum absolute atomic E-state index is 13.2. The predicted octanol–water partition coefficient (Wildman–Crippen LogP) is 4.35. The van der Waals surface area contributed by atoms with E-state index >= 15 is 0 Å². The average Bonchev–Trinajstić information content (AvgIpc) is 3.42. The zero-order chi connectivity index (χ0) is 22.4. The first-order chi connectivity index (χ1) is 14.8. The number of amides is 3. The van der Waals surface area contributed by atoms with Crippen LogP contribution >= 0.6 is 0 Å². The summed E-state index contributed by atoms with van der Waals surface area (Å²) >= 11 is 0. The summed E-state index contributed by atoms with van der Waals surface area (Å²) in [6.45, 7) is 9.41. The van der Waals surface area contributed by atoms with E-state index < -0.39 is 0 Å². The normalized spacial score (nSPS) is 15.8. The maximum Gasteiger partial charge on any atom is 0.322 e. The lowest BCUT2D eigenvalue weighted by molar-refractivity contribution is -0.134. The fourth-order valence-corrected chi connectivity index (χ4v) is 3.63. The van der Waals surface area contributed by atoms with Crippen molar-refractivity contribution in [1.29, 1.82) is 0 Å². The van der Waals surface area contributed by atoms with Gasteiger partial charge < -0.3 is 24.3 Å². The number of hydrogen-bond acceptors (Lipinski definition) is 4. The molecule has 0 aliphatic carbocycles. The van der Waals surface area contributed by atoms with Gasteiger partial charge in [-0.15, -0.1) is 0 Å². The molecule has 0 bridgehead atoms. The third kappa shape index (κ3) is 6.34. The number of nitrogens with zero attached hydrogens (tertiary/aromatic N) is 2. The van der Waals surface area contributed by atoms with Gasteiger partial charge in [-0.05, 0) is 75.9 Å². The van der Waals surface area contributed by atoms with Crippen LogP contribution < -0.4 is 5.32 Å². The Kier molecular flexibility index (Phi) is 7.74. The van der Waals surface area contributed by atoms with E-state index in [0.717, 1.165) is 36.3 Å². The first-order valence-corrected chi connectivity index (χ1v) is 10.9. The van der Waals surface area contributed by atoms with E-state index in [1.165, 1.54) is 0 Å². The number of nitrogens with one attached hydrogen (secondary N) is 1. The molecule has 2 heterocycles. The van der Waals surface area contributed by atoms with Crippen LogP contribution in [0.25, 0.3) is 0 Å². The van der Waals surface area contributed by atoms with Gasteiger partial charge in [0.05, 0.1) is 18.9 Å². The van der Waals surface area contributed by atoms with Crippen LogP contribution in [0, 0.1) is 13.8 Å². The zero-order valence-electron chi connectivity index (χ0n) is 18.9. The van der Waals surface area contributed by atoms with E-state index in [1.54, 1.807) is 16.1 Å². The summed E-state index contributed by atoms with van der Waals surface area (Å²) in [7, 11) is 0. The molecular formula is C24H33N3O4. The molecule has 1 aliphatic rings. The Bertz CT molecular complexity index is 873. The molecule has 3 rings (SSSR count). The highest BCUT2D eigenvalue weighted by Crippen LogP contribution is 2.18. The predicted molar refractivity (Wildman–Crippen MR) is 120 cm³/mol. The van der Waals surface area contributed by atoms with Gasteiger partial charge in [-0.3, -0.25) is 4.79 Å². The van der Waals surface area contributed by atoms with Crippen molar-refractivity contribution in [3.63, 3.8) is 0 Å². The average molecular weight is 428 g/mol. The minimum absolute atomic E-state index is 0.0121. The molecule has 0 radical (unpaired) electrons. The number of urea groups is 1. The van der Waals surface area contributed by atoms with Gasteiger partial charge in [0.25, 0.3) is 0 Å². The fraction of sp³-hybridized carbons (Fsp3) is 0.500. The van der Waals surface area contributed by atoms with Crippen molar-refractivity contribution in [2.75, 3.05) is 25.0 Å². The molecule has 0 spiro atoms. The van der Waals surface area contributed by atoms with Gasteiger partial charge in [-0.1, -0.05) is 6.07 Å². The zero-order valence-corrected chi connectivity index (χ0v) is 18.9. The SMILES string of the molecule is Cc1ccc(NC(=O)N(CC(=O)N(Cc2ccco2)C[C@@H]2CCCO2)C(C)C)cc1C. The standard InChI is InChI=1S/C24H33N3O4/c1-17(2)27(24(29)25-20-10-9-18(3)19(4)13-20)16-23(28)26(14-21-7-5-11-30-21)15-22-8-6-12-31-22/h5,7,9-11,13,17,22H,6,8,12,14-16H2,1-4H3,(H,25,29)/t22-/m0/s1. The van der Waals surface area contributed by atoms with Crippen LogP contribution in [0.4, 0.5) is 10.5 Å². The molecule has 3 amide bonds. The van der Waals surface area contributed by atoms with Crippen molar-refractivity contribution in [3.8, 4) is 0 Å². The smallest absolute Gasteiger partial charge is 0.322 e. The second-order valence-electron chi connectivity index (χ2n) is 8.44. The number of furan rings is 1. The van der Waals surface area contributed by atoms with Crippen molar-refractivity contribution in [1.82, 2.24) is 9.80 Å². The highest BCUT2D eigenvalue weighted by Gasteiger charge is 2.27. The van der Waals surface area contributed by atoms with Gasteiger partial charge in [-0.25, -0.2) is 4.79 Å². The number of rotatable bonds is 8. The Balaban J connectivity index is 1.69. The molecule has 31 heavy (non-hydrogen) atoms. The monoisotopic (exact) mass is 427 g/mol. The summed E-state index contributed by atoms with van der Waals surface area (Å²) in [6, 6.07) is 9.02. The lowest BCUT2D eigenvalue weighted by Crippen LogP contribution is -2.48. The molecule has 168 valence electrons. The van der Waals surface area contributed by atoms with Crippen LogP contribution in [0.15, 0.2) is 41.0 Å². The quantitative estimate of drug-likeness (QED) is 0.680. The molecule has 2 aromatic rings. The number of benzene rings is 1. The van der Waals surface area contributed by atoms with Gasteiger partial charge in [0.2, 0.25) is 5.91 Å². The first kappa shape index (κ1) is 22.9. The largest absolute Gasteiger partial charge is 0.467 e. The number of aryl methyl sites for hydroxylation is 2. The van der Waals surface area contributed by atoms with Crippen LogP contribution in [0.2, 0.25) is 0 Å². The lowest BCUT2D eigenvalue weighted by Gasteiger charge is -2.31. The van der Waals surface area contributed by atoms with E-state index in [4.69, 9.17) is 9.15 Å². The third-order valence-corrected chi connectivity index (χ3v) is 5.68. The lowest BCUT2D eigenvalue weighted by atomic mass is 10.1. The summed E-state index contributed by atoms with van der Waals surface area (Å²) in [4.78, 5) is 29.5. The first-order valence-electron chi connectivity index (χ1n) is 10.9. The summed E-state index contributed by atoms with van der Waals surface area (Å²) in [6.07, 6.45) is 3.56. The minimum Gasteiger partial charge on any atom is -0.467 e. The maximum atomic E-state index is 13.2. The molecule has 1 fully saturated rings. The molecule has 1 aromatic heterocycles. The van der Waals surface area contributed by atoms with Crippen LogP contribution in [0.3, 0.4) is 0 Å². The fourth-order valence-electron chi connectivity index (χ4n) is 3.63. The third-order valence-electron chi connectivity index (χ3n) is 5.68. The number of carbonyl (C=O) groups excluding carboxylic acids is 2. The summed E-state index contributed by atoms with van der Waals surface area (Å²) in [5, 5.41) is 2.93. The molecule has 1 aromatic carbocycles. The molecule has 1 aliphatic heterocycles. The molecule has 7 heteroatoms. The van der Waals surface area contributed by atoms with Crippen molar-refractivity contribution in [2.24, 2.45) is 0 Å². The highest BCUT2D eigenvalue weighted by atomic mass is 16.5. The number of carbonyl (C=O) groups is 2.